The number of rotatable bonds is 1. The summed E-state index contributed by atoms with van der Waals surface area (Å²) >= 11 is 0. The third-order valence-electron chi connectivity index (χ3n) is 3.15. The van der Waals surface area contributed by atoms with Gasteiger partial charge in [-0.25, -0.2) is 0 Å². The van der Waals surface area contributed by atoms with Crippen molar-refractivity contribution in [1.29, 1.82) is 0 Å². The van der Waals surface area contributed by atoms with Gasteiger partial charge < -0.3 is 25.5 Å². The van der Waals surface area contributed by atoms with Crippen LogP contribution in [-0.4, -0.2) is 15.3 Å². The maximum absolute atomic E-state index is 12.2. The molecule has 0 spiro atoms. The highest BCUT2D eigenvalue weighted by Gasteiger charge is 2.15. The quantitative estimate of drug-likeness (QED) is 0.509. The fourth-order valence-corrected chi connectivity index (χ4v) is 2.08. The monoisotopic (exact) mass is 285 g/mol. The number of hydrogen-bond acceptors (Lipinski definition) is 6. The molecular weight excluding hydrogens is 274 g/mol. The lowest BCUT2D eigenvalue weighted by molar-refractivity contribution is 0.404. The topological polar surface area (TPSA) is 117 Å². The normalized spacial score (nSPS) is 10.9. The Morgan fingerprint density at radius 1 is 0.952 bits per heavy atom. The first-order valence-electron chi connectivity index (χ1n) is 6.05. The molecule has 0 fully saturated rings. The van der Waals surface area contributed by atoms with E-state index in [0.29, 0.717) is 5.56 Å². The van der Waals surface area contributed by atoms with Gasteiger partial charge in [0.2, 0.25) is 5.43 Å². The highest BCUT2D eigenvalue weighted by atomic mass is 16.3. The number of benzene rings is 2. The molecule has 0 atom stereocenters. The van der Waals surface area contributed by atoms with E-state index in [1.807, 2.05) is 0 Å². The summed E-state index contributed by atoms with van der Waals surface area (Å²) in [4.78, 5) is 12.2. The summed E-state index contributed by atoms with van der Waals surface area (Å²) in [7, 11) is 0. The second-order valence-corrected chi connectivity index (χ2v) is 4.56. The molecule has 21 heavy (non-hydrogen) atoms. The van der Waals surface area contributed by atoms with Gasteiger partial charge >= 0.3 is 0 Å². The predicted molar refractivity (Wildman–Crippen MR) is 77.3 cm³/mol. The molecule has 3 aromatic rings. The Hall–Kier alpha value is -3.15. The zero-order chi connectivity index (χ0) is 15.1. The maximum Gasteiger partial charge on any atom is 0.216 e. The molecule has 6 heteroatoms. The molecule has 0 aliphatic heterocycles. The van der Waals surface area contributed by atoms with E-state index in [-0.39, 0.29) is 39.7 Å². The van der Waals surface area contributed by atoms with Gasteiger partial charge in [-0.05, 0) is 30.3 Å². The van der Waals surface area contributed by atoms with Crippen LogP contribution in [0.2, 0.25) is 0 Å². The van der Waals surface area contributed by atoms with Crippen molar-refractivity contribution in [2.45, 2.75) is 0 Å². The SMILES string of the molecule is Nc1c(-c2ccc(O)c(O)c2)oc2cc(O)ccc2c1=O. The summed E-state index contributed by atoms with van der Waals surface area (Å²) in [6.45, 7) is 0. The number of anilines is 1. The molecule has 1 heterocycles. The van der Waals surface area contributed by atoms with E-state index >= 15 is 0 Å². The molecule has 0 amide bonds. The minimum absolute atomic E-state index is 0.0464. The van der Waals surface area contributed by atoms with Crippen LogP contribution >= 0.6 is 0 Å². The molecule has 106 valence electrons. The fraction of sp³-hybridized carbons (Fsp3) is 0. The van der Waals surface area contributed by atoms with Gasteiger partial charge in [0.1, 0.15) is 17.0 Å². The van der Waals surface area contributed by atoms with Crippen LogP contribution in [0, 0.1) is 0 Å². The highest BCUT2D eigenvalue weighted by Crippen LogP contribution is 2.34. The standard InChI is InChI=1S/C15H11NO5/c16-13-14(20)9-3-2-8(17)6-12(9)21-15(13)7-1-4-10(18)11(19)5-7/h1-6,17-19H,16H2. The van der Waals surface area contributed by atoms with Gasteiger partial charge in [-0.3, -0.25) is 4.79 Å². The van der Waals surface area contributed by atoms with E-state index in [1.54, 1.807) is 0 Å². The predicted octanol–water partition coefficient (Wildman–Crippen LogP) is 2.16. The van der Waals surface area contributed by atoms with E-state index in [2.05, 4.69) is 0 Å². The molecule has 0 aliphatic rings. The van der Waals surface area contributed by atoms with Crippen LogP contribution in [0.15, 0.2) is 45.6 Å². The molecule has 0 radical (unpaired) electrons. The maximum atomic E-state index is 12.2. The summed E-state index contributed by atoms with van der Waals surface area (Å²) in [5.74, 6) is -0.632. The minimum Gasteiger partial charge on any atom is -0.508 e. The van der Waals surface area contributed by atoms with E-state index in [0.717, 1.165) is 0 Å². The number of phenols is 3. The van der Waals surface area contributed by atoms with Crippen LogP contribution in [0.5, 0.6) is 17.2 Å². The van der Waals surface area contributed by atoms with E-state index in [1.165, 1.54) is 36.4 Å². The first-order chi connectivity index (χ1) is 9.97. The largest absolute Gasteiger partial charge is 0.508 e. The number of hydrogen-bond donors (Lipinski definition) is 4. The Kier molecular flexibility index (Phi) is 2.72. The van der Waals surface area contributed by atoms with Gasteiger partial charge in [-0.15, -0.1) is 0 Å². The second-order valence-electron chi connectivity index (χ2n) is 4.56. The van der Waals surface area contributed by atoms with Crippen LogP contribution < -0.4 is 11.2 Å². The average molecular weight is 285 g/mol. The van der Waals surface area contributed by atoms with Crippen molar-refractivity contribution >= 4 is 16.7 Å². The summed E-state index contributed by atoms with van der Waals surface area (Å²) < 4.78 is 5.56. The first kappa shape index (κ1) is 12.9. The second kappa shape index (κ2) is 4.45. The molecule has 0 bridgehead atoms. The molecule has 0 saturated carbocycles. The molecule has 3 rings (SSSR count). The van der Waals surface area contributed by atoms with Gasteiger partial charge in [0.25, 0.3) is 0 Å². The van der Waals surface area contributed by atoms with E-state index in [9.17, 15) is 20.1 Å². The van der Waals surface area contributed by atoms with Crippen molar-refractivity contribution in [3.8, 4) is 28.6 Å². The molecule has 0 aliphatic carbocycles. The lowest BCUT2D eigenvalue weighted by Gasteiger charge is -2.08. The Morgan fingerprint density at radius 3 is 2.43 bits per heavy atom. The van der Waals surface area contributed by atoms with Crippen molar-refractivity contribution in [3.05, 3.63) is 46.6 Å². The van der Waals surface area contributed by atoms with Crippen molar-refractivity contribution in [2.75, 3.05) is 5.73 Å². The lowest BCUT2D eigenvalue weighted by Crippen LogP contribution is -2.09. The Morgan fingerprint density at radius 2 is 1.71 bits per heavy atom. The fourth-order valence-electron chi connectivity index (χ4n) is 2.08. The first-order valence-corrected chi connectivity index (χ1v) is 6.05. The van der Waals surface area contributed by atoms with Gasteiger partial charge in [0, 0.05) is 11.6 Å². The van der Waals surface area contributed by atoms with Crippen LogP contribution in [0.25, 0.3) is 22.3 Å². The molecule has 0 unspecified atom stereocenters. The van der Waals surface area contributed by atoms with Crippen molar-refractivity contribution in [3.63, 3.8) is 0 Å². The molecule has 1 aromatic heterocycles. The molecule has 6 nitrogen and oxygen atoms in total. The van der Waals surface area contributed by atoms with E-state index in [4.69, 9.17) is 10.2 Å². The van der Waals surface area contributed by atoms with Crippen LogP contribution in [0.3, 0.4) is 0 Å². The van der Waals surface area contributed by atoms with Crippen LogP contribution in [0.1, 0.15) is 0 Å². The van der Waals surface area contributed by atoms with Gasteiger partial charge in [0.15, 0.2) is 17.3 Å². The summed E-state index contributed by atoms with van der Waals surface area (Å²) in [6.07, 6.45) is 0. The van der Waals surface area contributed by atoms with Crippen molar-refractivity contribution < 1.29 is 19.7 Å². The zero-order valence-corrected chi connectivity index (χ0v) is 10.7. The Balaban J connectivity index is 2.34. The molecule has 0 saturated heterocycles. The zero-order valence-electron chi connectivity index (χ0n) is 10.7. The average Bonchev–Trinajstić information content (AvgIpc) is 2.45. The van der Waals surface area contributed by atoms with Crippen molar-refractivity contribution in [1.82, 2.24) is 0 Å². The van der Waals surface area contributed by atoms with E-state index < -0.39 is 5.43 Å². The third-order valence-corrected chi connectivity index (χ3v) is 3.15. The molecule has 5 N–H and O–H groups in total. The Bertz CT molecular complexity index is 914. The third kappa shape index (κ3) is 2.02. The number of phenolic OH excluding ortho intramolecular Hbond substituents is 3. The molecule has 2 aromatic carbocycles. The highest BCUT2D eigenvalue weighted by molar-refractivity contribution is 5.86. The number of fused-ring (bicyclic) bond motifs is 1. The summed E-state index contributed by atoms with van der Waals surface area (Å²) in [5, 5.41) is 28.6. The van der Waals surface area contributed by atoms with Gasteiger partial charge in [-0.2, -0.15) is 0 Å². The van der Waals surface area contributed by atoms with Crippen LogP contribution in [-0.2, 0) is 0 Å². The summed E-state index contributed by atoms with van der Waals surface area (Å²) in [5.41, 5.74) is 5.77. The van der Waals surface area contributed by atoms with Gasteiger partial charge in [-0.1, -0.05) is 0 Å². The summed E-state index contributed by atoms with van der Waals surface area (Å²) in [6, 6.07) is 8.04. The number of aromatic hydroxyl groups is 3. The number of nitrogens with two attached hydrogens (primary N) is 1. The van der Waals surface area contributed by atoms with Crippen molar-refractivity contribution in [2.24, 2.45) is 0 Å². The lowest BCUT2D eigenvalue weighted by atomic mass is 10.1. The smallest absolute Gasteiger partial charge is 0.216 e. The van der Waals surface area contributed by atoms with Gasteiger partial charge in [0.05, 0.1) is 5.39 Å². The minimum atomic E-state index is -0.432. The Labute approximate surface area is 118 Å². The molecular formula is C15H11NO5. The van der Waals surface area contributed by atoms with Crippen LogP contribution in [0.4, 0.5) is 5.69 Å². The number of nitrogen functional groups attached to an aromatic ring is 1.